The van der Waals surface area contributed by atoms with Crippen LogP contribution in [0.25, 0.3) is 0 Å². The number of hydrogen-bond acceptors (Lipinski definition) is 1. The van der Waals surface area contributed by atoms with E-state index in [9.17, 15) is 13.2 Å². The first-order valence-corrected chi connectivity index (χ1v) is 5.41. The van der Waals surface area contributed by atoms with E-state index < -0.39 is 11.7 Å². The fourth-order valence-corrected chi connectivity index (χ4v) is 1.52. The van der Waals surface area contributed by atoms with E-state index >= 15 is 0 Å². The number of anilines is 1. The first-order chi connectivity index (χ1) is 7.30. The average Bonchev–Trinajstić information content (AvgIpc) is 2.14. The number of halogens is 5. The summed E-state index contributed by atoms with van der Waals surface area (Å²) in [7, 11) is 0. The number of nitrogens with one attached hydrogen (secondary N) is 1. The van der Waals surface area contributed by atoms with Crippen molar-refractivity contribution in [2.75, 3.05) is 11.9 Å². The summed E-state index contributed by atoms with van der Waals surface area (Å²) in [4.78, 5) is 0. The van der Waals surface area contributed by atoms with Crippen molar-refractivity contribution in [1.82, 2.24) is 0 Å². The maximum absolute atomic E-state index is 12.6. The van der Waals surface area contributed by atoms with Gasteiger partial charge in [0.2, 0.25) is 0 Å². The maximum Gasteiger partial charge on any atom is 0.418 e. The minimum absolute atomic E-state index is 0.0162. The highest BCUT2D eigenvalue weighted by atomic mass is 79.9. The average molecular weight is 315 g/mol. The molecule has 0 unspecified atom stereocenters. The second-order valence-corrected chi connectivity index (χ2v) is 4.51. The largest absolute Gasteiger partial charge is 0.418 e. The number of rotatable bonds is 3. The fourth-order valence-electron chi connectivity index (χ4n) is 1.10. The predicted octanol–water partition coefficient (Wildman–Crippen LogP) is 4.63. The standard InChI is InChI=1S/C10H8BrClF3N/c1-6(12)5-16-9-3-2-7(11)4-8(9)10(13,14)15/h2-4,16H,1,5H2. The quantitative estimate of drug-likeness (QED) is 0.857. The molecule has 1 N–H and O–H groups in total. The summed E-state index contributed by atoms with van der Waals surface area (Å²) in [6.07, 6.45) is -4.40. The van der Waals surface area contributed by atoms with Gasteiger partial charge >= 0.3 is 6.18 Å². The van der Waals surface area contributed by atoms with E-state index in [0.29, 0.717) is 4.47 Å². The van der Waals surface area contributed by atoms with Crippen LogP contribution in [0.5, 0.6) is 0 Å². The summed E-state index contributed by atoms with van der Waals surface area (Å²) in [5.41, 5.74) is -0.753. The third kappa shape index (κ3) is 3.72. The van der Waals surface area contributed by atoms with Crippen LogP contribution in [0.3, 0.4) is 0 Å². The second kappa shape index (κ2) is 5.10. The van der Waals surface area contributed by atoms with Gasteiger partial charge < -0.3 is 5.32 Å². The molecule has 0 aliphatic heterocycles. The van der Waals surface area contributed by atoms with E-state index in [2.05, 4.69) is 27.8 Å². The third-order valence-corrected chi connectivity index (χ3v) is 2.38. The van der Waals surface area contributed by atoms with Crippen LogP contribution in [0.4, 0.5) is 18.9 Å². The lowest BCUT2D eigenvalue weighted by Crippen LogP contribution is -2.11. The molecule has 0 aromatic heterocycles. The monoisotopic (exact) mass is 313 g/mol. The number of alkyl halides is 3. The highest BCUT2D eigenvalue weighted by molar-refractivity contribution is 9.10. The third-order valence-electron chi connectivity index (χ3n) is 1.76. The molecule has 1 rings (SSSR count). The van der Waals surface area contributed by atoms with Crippen molar-refractivity contribution >= 4 is 33.2 Å². The number of benzene rings is 1. The Morgan fingerprint density at radius 1 is 1.44 bits per heavy atom. The van der Waals surface area contributed by atoms with E-state index in [4.69, 9.17) is 11.6 Å². The van der Waals surface area contributed by atoms with Crippen LogP contribution in [-0.2, 0) is 6.18 Å². The molecule has 0 atom stereocenters. The zero-order valence-electron chi connectivity index (χ0n) is 8.04. The van der Waals surface area contributed by atoms with Gasteiger partial charge in [0.05, 0.1) is 12.1 Å². The zero-order valence-corrected chi connectivity index (χ0v) is 10.4. The smallest absolute Gasteiger partial charge is 0.380 e. The van der Waals surface area contributed by atoms with Gasteiger partial charge in [-0.15, -0.1) is 0 Å². The highest BCUT2D eigenvalue weighted by Gasteiger charge is 2.33. The predicted molar refractivity (Wildman–Crippen MR) is 62.6 cm³/mol. The molecule has 16 heavy (non-hydrogen) atoms. The Morgan fingerprint density at radius 2 is 2.06 bits per heavy atom. The van der Waals surface area contributed by atoms with Gasteiger partial charge in [0.1, 0.15) is 0 Å². The van der Waals surface area contributed by atoms with E-state index in [1.807, 2.05) is 0 Å². The molecule has 0 aliphatic rings. The van der Waals surface area contributed by atoms with Crippen LogP contribution in [0.1, 0.15) is 5.56 Å². The molecular weight excluding hydrogens is 306 g/mol. The van der Waals surface area contributed by atoms with Gasteiger partial charge in [-0.05, 0) is 18.2 Å². The molecular formula is C10H8BrClF3N. The van der Waals surface area contributed by atoms with Crippen LogP contribution in [0.15, 0.2) is 34.3 Å². The summed E-state index contributed by atoms with van der Waals surface area (Å²) in [6.45, 7) is 3.48. The Labute approximate surface area is 104 Å². The van der Waals surface area contributed by atoms with E-state index in [1.54, 1.807) is 0 Å². The van der Waals surface area contributed by atoms with Crippen molar-refractivity contribution in [1.29, 1.82) is 0 Å². The Morgan fingerprint density at radius 3 is 2.56 bits per heavy atom. The van der Waals surface area contributed by atoms with Gasteiger partial charge in [0.25, 0.3) is 0 Å². The van der Waals surface area contributed by atoms with Gasteiger partial charge in [-0.25, -0.2) is 0 Å². The normalized spacial score (nSPS) is 11.3. The zero-order chi connectivity index (χ0) is 12.3. The molecule has 0 bridgehead atoms. The van der Waals surface area contributed by atoms with Crippen molar-refractivity contribution in [2.45, 2.75) is 6.18 Å². The van der Waals surface area contributed by atoms with Gasteiger partial charge in [-0.3, -0.25) is 0 Å². The number of hydrogen-bond donors (Lipinski definition) is 1. The topological polar surface area (TPSA) is 12.0 Å². The van der Waals surface area contributed by atoms with E-state index in [-0.39, 0.29) is 17.3 Å². The molecule has 6 heteroatoms. The molecule has 1 aromatic rings. The van der Waals surface area contributed by atoms with Crippen LogP contribution in [0, 0.1) is 0 Å². The Hall–Kier alpha value is -0.680. The summed E-state index contributed by atoms with van der Waals surface area (Å²) in [5, 5.41) is 2.82. The van der Waals surface area contributed by atoms with Crippen molar-refractivity contribution in [3.05, 3.63) is 39.8 Å². The second-order valence-electron chi connectivity index (χ2n) is 3.06. The molecule has 88 valence electrons. The van der Waals surface area contributed by atoms with Crippen LogP contribution in [0.2, 0.25) is 0 Å². The minimum Gasteiger partial charge on any atom is -0.380 e. The lowest BCUT2D eigenvalue weighted by molar-refractivity contribution is -0.137. The summed E-state index contributed by atoms with van der Waals surface area (Å²) >= 11 is 8.48. The Balaban J connectivity index is 3.03. The molecule has 0 saturated heterocycles. The Bertz CT molecular complexity index is 404. The fraction of sp³-hybridized carbons (Fsp3) is 0.200. The van der Waals surface area contributed by atoms with Gasteiger partial charge in [0.15, 0.2) is 0 Å². The molecule has 0 fully saturated rings. The van der Waals surface area contributed by atoms with Gasteiger partial charge in [-0.1, -0.05) is 34.1 Å². The molecule has 1 nitrogen and oxygen atoms in total. The maximum atomic E-state index is 12.6. The minimum atomic E-state index is -4.40. The van der Waals surface area contributed by atoms with Crippen LogP contribution < -0.4 is 5.32 Å². The molecule has 1 aromatic carbocycles. The van der Waals surface area contributed by atoms with Crippen molar-refractivity contribution in [3.8, 4) is 0 Å². The lowest BCUT2D eigenvalue weighted by atomic mass is 10.1. The van der Waals surface area contributed by atoms with Crippen LogP contribution in [-0.4, -0.2) is 6.54 Å². The summed E-state index contributed by atoms with van der Waals surface area (Å²) in [5.74, 6) is 0. The first kappa shape index (κ1) is 13.4. The Kier molecular flexibility index (Phi) is 4.27. The molecule has 0 spiro atoms. The molecule has 0 saturated carbocycles. The molecule has 0 aliphatic carbocycles. The van der Waals surface area contributed by atoms with Crippen LogP contribution >= 0.6 is 27.5 Å². The SMILES string of the molecule is C=C(Cl)CNc1ccc(Br)cc1C(F)(F)F. The van der Waals surface area contributed by atoms with Crippen molar-refractivity contribution < 1.29 is 13.2 Å². The van der Waals surface area contributed by atoms with Crippen molar-refractivity contribution in [2.24, 2.45) is 0 Å². The first-order valence-electron chi connectivity index (χ1n) is 4.24. The molecule has 0 amide bonds. The molecule has 0 radical (unpaired) electrons. The highest BCUT2D eigenvalue weighted by Crippen LogP contribution is 2.36. The van der Waals surface area contributed by atoms with Gasteiger partial charge in [0, 0.05) is 15.2 Å². The summed E-state index contributed by atoms with van der Waals surface area (Å²) < 4.78 is 38.3. The van der Waals surface area contributed by atoms with Gasteiger partial charge in [-0.2, -0.15) is 13.2 Å². The van der Waals surface area contributed by atoms with Crippen molar-refractivity contribution in [3.63, 3.8) is 0 Å². The summed E-state index contributed by atoms with van der Waals surface area (Å²) in [6, 6.07) is 3.88. The van der Waals surface area contributed by atoms with E-state index in [1.165, 1.54) is 12.1 Å². The van der Waals surface area contributed by atoms with E-state index in [0.717, 1.165) is 6.07 Å². The molecule has 0 heterocycles. The lowest BCUT2D eigenvalue weighted by Gasteiger charge is -2.14.